The summed E-state index contributed by atoms with van der Waals surface area (Å²) in [6.45, 7) is 3.45. The zero-order chi connectivity index (χ0) is 16.9. The van der Waals surface area contributed by atoms with Gasteiger partial charge in [0.25, 0.3) is 0 Å². The van der Waals surface area contributed by atoms with Crippen molar-refractivity contribution in [1.82, 2.24) is 25.2 Å². The lowest BCUT2D eigenvalue weighted by atomic mass is 10.3. The molecule has 0 aliphatic rings. The van der Waals surface area contributed by atoms with Crippen LogP contribution in [0.2, 0.25) is 0 Å². The molecule has 2 heterocycles. The molecule has 0 fully saturated rings. The van der Waals surface area contributed by atoms with Crippen molar-refractivity contribution in [3.05, 3.63) is 46.2 Å². The van der Waals surface area contributed by atoms with E-state index < -0.39 is 0 Å². The third-order valence-corrected chi connectivity index (χ3v) is 4.68. The van der Waals surface area contributed by atoms with Crippen LogP contribution in [0.1, 0.15) is 16.5 Å². The number of rotatable bonds is 5. The number of guanidine groups is 1. The highest BCUT2D eigenvalue weighted by Gasteiger charge is 2.07. The predicted octanol–water partition coefficient (Wildman–Crippen LogP) is 2.25. The molecule has 3 aromatic rings. The Morgan fingerprint density at radius 3 is 2.79 bits per heavy atom. The van der Waals surface area contributed by atoms with Crippen molar-refractivity contribution in [3.63, 3.8) is 0 Å². The number of para-hydroxylation sites is 2. The molecule has 6 nitrogen and oxygen atoms in total. The Kier molecular flexibility index (Phi) is 5.10. The van der Waals surface area contributed by atoms with Crippen LogP contribution < -0.4 is 10.6 Å². The standard InChI is InChI=1S/C17H22N6S/c1-12-21-13(11-24-12)8-9-19-17(18-2)20-10-16-22-14-6-4-5-7-15(14)23(16)3/h4-7,11H,8-10H2,1-3H3,(H2,18,19,20). The average Bonchev–Trinajstić information content (AvgIpc) is 3.15. The molecule has 126 valence electrons. The largest absolute Gasteiger partial charge is 0.356 e. The Morgan fingerprint density at radius 1 is 1.25 bits per heavy atom. The van der Waals surface area contributed by atoms with Gasteiger partial charge in [-0.1, -0.05) is 12.1 Å². The maximum absolute atomic E-state index is 4.66. The first kappa shape index (κ1) is 16.4. The summed E-state index contributed by atoms with van der Waals surface area (Å²) in [4.78, 5) is 13.4. The molecule has 7 heteroatoms. The molecule has 24 heavy (non-hydrogen) atoms. The van der Waals surface area contributed by atoms with E-state index in [1.807, 2.05) is 32.2 Å². The SMILES string of the molecule is CN=C(NCCc1csc(C)n1)NCc1nc2ccccc2n1C. The van der Waals surface area contributed by atoms with E-state index in [1.165, 1.54) is 0 Å². The fourth-order valence-corrected chi connectivity index (χ4v) is 3.22. The molecule has 0 spiro atoms. The molecular weight excluding hydrogens is 320 g/mol. The van der Waals surface area contributed by atoms with Crippen LogP contribution in [0.3, 0.4) is 0 Å². The zero-order valence-electron chi connectivity index (χ0n) is 14.2. The Balaban J connectivity index is 1.54. The first-order chi connectivity index (χ1) is 11.7. The van der Waals surface area contributed by atoms with Crippen molar-refractivity contribution in [2.75, 3.05) is 13.6 Å². The lowest BCUT2D eigenvalue weighted by molar-refractivity contribution is 0.732. The molecule has 1 aromatic carbocycles. The van der Waals surface area contributed by atoms with Crippen LogP contribution >= 0.6 is 11.3 Å². The van der Waals surface area contributed by atoms with E-state index in [0.717, 1.165) is 46.5 Å². The van der Waals surface area contributed by atoms with Crippen LogP contribution in [0.5, 0.6) is 0 Å². The van der Waals surface area contributed by atoms with Gasteiger partial charge in [0, 0.05) is 32.4 Å². The summed E-state index contributed by atoms with van der Waals surface area (Å²) in [6, 6.07) is 8.14. The second-order valence-electron chi connectivity index (χ2n) is 5.54. The van der Waals surface area contributed by atoms with Crippen LogP contribution in [-0.2, 0) is 20.0 Å². The number of fused-ring (bicyclic) bond motifs is 1. The van der Waals surface area contributed by atoms with E-state index >= 15 is 0 Å². The van der Waals surface area contributed by atoms with Crippen molar-refractivity contribution in [1.29, 1.82) is 0 Å². The number of thiazole rings is 1. The molecule has 3 rings (SSSR count). The molecule has 0 aliphatic carbocycles. The molecule has 0 radical (unpaired) electrons. The van der Waals surface area contributed by atoms with Gasteiger partial charge in [-0.2, -0.15) is 0 Å². The molecule has 2 aromatic heterocycles. The van der Waals surface area contributed by atoms with Gasteiger partial charge in [-0.25, -0.2) is 9.97 Å². The number of hydrogen-bond donors (Lipinski definition) is 2. The van der Waals surface area contributed by atoms with Crippen LogP contribution in [0.4, 0.5) is 0 Å². The van der Waals surface area contributed by atoms with Gasteiger partial charge in [0.15, 0.2) is 5.96 Å². The van der Waals surface area contributed by atoms with Crippen molar-refractivity contribution in [3.8, 4) is 0 Å². The summed E-state index contributed by atoms with van der Waals surface area (Å²) in [6.07, 6.45) is 0.886. The van der Waals surface area contributed by atoms with E-state index in [0.29, 0.717) is 6.54 Å². The third kappa shape index (κ3) is 3.73. The smallest absolute Gasteiger partial charge is 0.191 e. The number of benzene rings is 1. The van der Waals surface area contributed by atoms with Gasteiger partial charge in [-0.05, 0) is 19.1 Å². The minimum atomic E-state index is 0.626. The summed E-state index contributed by atoms with van der Waals surface area (Å²) < 4.78 is 2.10. The van der Waals surface area contributed by atoms with Crippen LogP contribution in [0.15, 0.2) is 34.6 Å². The minimum Gasteiger partial charge on any atom is -0.356 e. The number of imidazole rings is 1. The van der Waals surface area contributed by atoms with Crippen LogP contribution in [0, 0.1) is 6.92 Å². The first-order valence-electron chi connectivity index (χ1n) is 7.93. The van der Waals surface area contributed by atoms with Crippen molar-refractivity contribution < 1.29 is 0 Å². The number of hydrogen-bond acceptors (Lipinski definition) is 4. The molecule has 0 atom stereocenters. The van der Waals surface area contributed by atoms with E-state index in [-0.39, 0.29) is 0 Å². The van der Waals surface area contributed by atoms with Gasteiger partial charge in [0.05, 0.1) is 28.3 Å². The number of nitrogens with one attached hydrogen (secondary N) is 2. The van der Waals surface area contributed by atoms with Crippen LogP contribution in [0.25, 0.3) is 11.0 Å². The molecule has 0 bridgehead atoms. The van der Waals surface area contributed by atoms with Gasteiger partial charge in [0.1, 0.15) is 5.82 Å². The predicted molar refractivity (Wildman–Crippen MR) is 99.5 cm³/mol. The molecule has 0 amide bonds. The normalized spacial score (nSPS) is 11.9. The van der Waals surface area contributed by atoms with E-state index in [1.54, 1.807) is 18.4 Å². The first-order valence-corrected chi connectivity index (χ1v) is 8.81. The zero-order valence-corrected chi connectivity index (χ0v) is 15.0. The van der Waals surface area contributed by atoms with Crippen molar-refractivity contribution in [2.24, 2.45) is 12.0 Å². The Bertz CT molecular complexity index is 848. The summed E-state index contributed by atoms with van der Waals surface area (Å²) >= 11 is 1.68. The van der Waals surface area contributed by atoms with Gasteiger partial charge < -0.3 is 15.2 Å². The van der Waals surface area contributed by atoms with Gasteiger partial charge in [0.2, 0.25) is 0 Å². The highest BCUT2D eigenvalue weighted by molar-refractivity contribution is 7.09. The monoisotopic (exact) mass is 342 g/mol. The van der Waals surface area contributed by atoms with Gasteiger partial charge >= 0.3 is 0 Å². The molecule has 0 unspecified atom stereocenters. The van der Waals surface area contributed by atoms with Gasteiger partial charge in [-0.3, -0.25) is 4.99 Å². The highest BCUT2D eigenvalue weighted by Crippen LogP contribution is 2.13. The Hall–Kier alpha value is -2.41. The second-order valence-corrected chi connectivity index (χ2v) is 6.60. The summed E-state index contributed by atoms with van der Waals surface area (Å²) in [7, 11) is 3.81. The topological polar surface area (TPSA) is 67.1 Å². The number of aryl methyl sites for hydroxylation is 2. The van der Waals surface area contributed by atoms with E-state index in [4.69, 9.17) is 0 Å². The maximum Gasteiger partial charge on any atom is 0.191 e. The van der Waals surface area contributed by atoms with Crippen LogP contribution in [-0.4, -0.2) is 34.1 Å². The molecular formula is C17H22N6S. The van der Waals surface area contributed by atoms with E-state index in [9.17, 15) is 0 Å². The maximum atomic E-state index is 4.66. The molecule has 2 N–H and O–H groups in total. The third-order valence-electron chi connectivity index (χ3n) is 3.86. The summed E-state index contributed by atoms with van der Waals surface area (Å²) in [5.74, 6) is 1.75. The quantitative estimate of drug-likeness (QED) is 0.551. The Labute approximate surface area is 145 Å². The fourth-order valence-electron chi connectivity index (χ4n) is 2.57. The molecule has 0 saturated carbocycles. The summed E-state index contributed by atoms with van der Waals surface area (Å²) in [5.41, 5.74) is 3.27. The van der Waals surface area contributed by atoms with Gasteiger partial charge in [-0.15, -0.1) is 11.3 Å². The van der Waals surface area contributed by atoms with Crippen molar-refractivity contribution in [2.45, 2.75) is 19.9 Å². The van der Waals surface area contributed by atoms with E-state index in [2.05, 4.69) is 41.6 Å². The number of aliphatic imine (C=N–C) groups is 1. The molecule has 0 saturated heterocycles. The minimum absolute atomic E-state index is 0.626. The van der Waals surface area contributed by atoms with Crippen molar-refractivity contribution >= 4 is 28.3 Å². The summed E-state index contributed by atoms with van der Waals surface area (Å²) in [5, 5.41) is 9.84. The lowest BCUT2D eigenvalue weighted by Crippen LogP contribution is -2.38. The fraction of sp³-hybridized carbons (Fsp3) is 0.353. The average molecular weight is 342 g/mol. The molecule has 0 aliphatic heterocycles. The second kappa shape index (κ2) is 7.44. The number of aromatic nitrogens is 3. The highest BCUT2D eigenvalue weighted by atomic mass is 32.1. The number of nitrogens with zero attached hydrogens (tertiary/aromatic N) is 4. The Morgan fingerprint density at radius 2 is 2.08 bits per heavy atom. The lowest BCUT2D eigenvalue weighted by Gasteiger charge is -2.11.